The second-order valence-corrected chi connectivity index (χ2v) is 3.97. The number of urea groups is 1. The molecule has 0 heterocycles. The van der Waals surface area contributed by atoms with Gasteiger partial charge in [-0.25, -0.2) is 4.79 Å². The molecule has 0 aliphatic carbocycles. The summed E-state index contributed by atoms with van der Waals surface area (Å²) in [6.07, 6.45) is 1.00. The molecule has 1 aromatic carbocycles. The van der Waals surface area contributed by atoms with Gasteiger partial charge in [0.1, 0.15) is 0 Å². The summed E-state index contributed by atoms with van der Waals surface area (Å²) < 4.78 is 0. The van der Waals surface area contributed by atoms with Crippen LogP contribution in [-0.4, -0.2) is 23.8 Å². The van der Waals surface area contributed by atoms with Crippen molar-refractivity contribution in [3.8, 4) is 6.07 Å². The molecule has 96 valence electrons. The Balaban J connectivity index is 2.42. The Kier molecular flexibility index (Phi) is 5.68. The summed E-state index contributed by atoms with van der Waals surface area (Å²) >= 11 is 0. The van der Waals surface area contributed by atoms with E-state index in [4.69, 9.17) is 5.26 Å². The lowest BCUT2D eigenvalue weighted by Gasteiger charge is -2.11. The van der Waals surface area contributed by atoms with Gasteiger partial charge in [-0.05, 0) is 24.6 Å². The van der Waals surface area contributed by atoms with Crippen LogP contribution in [0.1, 0.15) is 25.3 Å². The first-order valence-corrected chi connectivity index (χ1v) is 5.88. The number of aliphatic hydroxyl groups is 1. The predicted molar refractivity (Wildman–Crippen MR) is 69.1 cm³/mol. The van der Waals surface area contributed by atoms with Crippen LogP contribution in [0.15, 0.2) is 24.3 Å². The Bertz CT molecular complexity index is 440. The van der Waals surface area contributed by atoms with Gasteiger partial charge in [-0.3, -0.25) is 0 Å². The zero-order valence-corrected chi connectivity index (χ0v) is 10.3. The number of nitriles is 1. The van der Waals surface area contributed by atoms with Crippen molar-refractivity contribution < 1.29 is 9.90 Å². The van der Waals surface area contributed by atoms with E-state index in [1.54, 1.807) is 24.3 Å². The van der Waals surface area contributed by atoms with Crippen LogP contribution in [0.25, 0.3) is 0 Å². The molecule has 0 bridgehead atoms. The molecule has 0 spiro atoms. The molecular formula is C13H17N3O2. The van der Waals surface area contributed by atoms with Crippen LogP contribution in [0.2, 0.25) is 0 Å². The van der Waals surface area contributed by atoms with E-state index in [2.05, 4.69) is 10.6 Å². The molecule has 2 amide bonds. The molecular weight excluding hydrogens is 230 g/mol. The summed E-state index contributed by atoms with van der Waals surface area (Å²) in [6.45, 7) is 2.19. The topological polar surface area (TPSA) is 85.2 Å². The second-order valence-electron chi connectivity index (χ2n) is 3.97. The number of nitrogens with one attached hydrogen (secondary N) is 2. The molecule has 18 heavy (non-hydrogen) atoms. The van der Waals surface area contributed by atoms with Crippen molar-refractivity contribution in [1.82, 2.24) is 5.32 Å². The first kappa shape index (κ1) is 14.0. The lowest BCUT2D eigenvalue weighted by molar-refractivity contribution is 0.162. The number of nitrogens with zero attached hydrogens (tertiary/aromatic N) is 1. The molecule has 3 N–H and O–H groups in total. The molecule has 1 unspecified atom stereocenters. The zero-order valence-electron chi connectivity index (χ0n) is 10.3. The van der Waals surface area contributed by atoms with Gasteiger partial charge >= 0.3 is 6.03 Å². The molecule has 0 aromatic heterocycles. The minimum Gasteiger partial charge on any atom is -0.391 e. The number of carbonyl (C=O) groups is 1. The number of rotatable bonds is 5. The van der Waals surface area contributed by atoms with Crippen molar-refractivity contribution >= 4 is 11.7 Å². The van der Waals surface area contributed by atoms with Gasteiger partial charge in [-0.15, -0.1) is 0 Å². The van der Waals surface area contributed by atoms with Crippen LogP contribution in [0.5, 0.6) is 0 Å². The third-order valence-corrected chi connectivity index (χ3v) is 2.37. The van der Waals surface area contributed by atoms with E-state index in [0.29, 0.717) is 17.7 Å². The van der Waals surface area contributed by atoms with Crippen molar-refractivity contribution in [3.05, 3.63) is 29.8 Å². The van der Waals surface area contributed by atoms with Crippen LogP contribution < -0.4 is 10.6 Å². The molecule has 0 saturated heterocycles. The van der Waals surface area contributed by atoms with Gasteiger partial charge < -0.3 is 15.7 Å². The molecule has 1 rings (SSSR count). The average Bonchev–Trinajstić information content (AvgIpc) is 2.37. The Morgan fingerprint density at radius 3 is 3.00 bits per heavy atom. The Hall–Kier alpha value is -2.06. The first-order chi connectivity index (χ1) is 8.65. The third kappa shape index (κ3) is 4.85. The fourth-order valence-electron chi connectivity index (χ4n) is 1.49. The number of amides is 2. The van der Waals surface area contributed by atoms with E-state index >= 15 is 0 Å². The highest BCUT2D eigenvalue weighted by Gasteiger charge is 2.06. The SMILES string of the molecule is CCCC(O)CNC(=O)Nc1cccc(C#N)c1. The van der Waals surface area contributed by atoms with Crippen LogP contribution in [0.4, 0.5) is 10.5 Å². The summed E-state index contributed by atoms with van der Waals surface area (Å²) in [6, 6.07) is 8.25. The molecule has 0 aliphatic rings. The third-order valence-electron chi connectivity index (χ3n) is 2.37. The number of hydrogen-bond acceptors (Lipinski definition) is 3. The Labute approximate surface area is 106 Å². The quantitative estimate of drug-likeness (QED) is 0.742. The highest BCUT2D eigenvalue weighted by atomic mass is 16.3. The second kappa shape index (κ2) is 7.30. The molecule has 0 radical (unpaired) electrons. The number of carbonyl (C=O) groups excluding carboxylic acids is 1. The minimum absolute atomic E-state index is 0.220. The number of hydrogen-bond donors (Lipinski definition) is 3. The van der Waals surface area contributed by atoms with Crippen molar-refractivity contribution in [1.29, 1.82) is 5.26 Å². The van der Waals surface area contributed by atoms with E-state index in [9.17, 15) is 9.90 Å². The minimum atomic E-state index is -0.522. The highest BCUT2D eigenvalue weighted by molar-refractivity contribution is 5.89. The summed E-state index contributed by atoms with van der Waals surface area (Å²) in [5.74, 6) is 0. The Morgan fingerprint density at radius 2 is 2.33 bits per heavy atom. The smallest absolute Gasteiger partial charge is 0.319 e. The predicted octanol–water partition coefficient (Wildman–Crippen LogP) is 1.84. The normalized spacial score (nSPS) is 11.4. The van der Waals surface area contributed by atoms with Crippen LogP contribution in [0.3, 0.4) is 0 Å². The van der Waals surface area contributed by atoms with E-state index in [-0.39, 0.29) is 12.6 Å². The standard InChI is InChI=1S/C13H17N3O2/c1-2-4-12(17)9-15-13(18)16-11-6-3-5-10(7-11)8-14/h3,5-7,12,17H,2,4,9H2,1H3,(H2,15,16,18). The summed E-state index contributed by atoms with van der Waals surface area (Å²) in [7, 11) is 0. The van der Waals surface area contributed by atoms with Gasteiger partial charge in [0, 0.05) is 12.2 Å². The van der Waals surface area contributed by atoms with E-state index in [1.165, 1.54) is 0 Å². The van der Waals surface area contributed by atoms with E-state index in [0.717, 1.165) is 6.42 Å². The van der Waals surface area contributed by atoms with Gasteiger partial charge in [0.25, 0.3) is 0 Å². The zero-order chi connectivity index (χ0) is 13.4. The van der Waals surface area contributed by atoms with Crippen molar-refractivity contribution in [2.75, 3.05) is 11.9 Å². The van der Waals surface area contributed by atoms with Crippen LogP contribution in [-0.2, 0) is 0 Å². The first-order valence-electron chi connectivity index (χ1n) is 5.88. The fraction of sp³-hybridized carbons (Fsp3) is 0.385. The van der Waals surface area contributed by atoms with E-state index in [1.807, 2.05) is 13.0 Å². The van der Waals surface area contributed by atoms with Gasteiger partial charge in [0.05, 0.1) is 17.7 Å². The van der Waals surface area contributed by atoms with Gasteiger partial charge in [0.2, 0.25) is 0 Å². The summed E-state index contributed by atoms with van der Waals surface area (Å²) in [5, 5.41) is 23.4. The molecule has 5 heteroatoms. The molecule has 1 atom stereocenters. The fourth-order valence-corrected chi connectivity index (χ4v) is 1.49. The average molecular weight is 247 g/mol. The van der Waals surface area contributed by atoms with Crippen molar-refractivity contribution in [3.63, 3.8) is 0 Å². The van der Waals surface area contributed by atoms with Gasteiger partial charge in [-0.2, -0.15) is 5.26 Å². The largest absolute Gasteiger partial charge is 0.391 e. The summed E-state index contributed by atoms with van der Waals surface area (Å²) in [4.78, 5) is 11.5. The van der Waals surface area contributed by atoms with Crippen molar-refractivity contribution in [2.24, 2.45) is 0 Å². The lowest BCUT2D eigenvalue weighted by Crippen LogP contribution is -2.35. The maximum atomic E-state index is 11.5. The maximum absolute atomic E-state index is 11.5. The van der Waals surface area contributed by atoms with Gasteiger partial charge in [-0.1, -0.05) is 19.4 Å². The molecule has 0 aliphatic heterocycles. The van der Waals surface area contributed by atoms with E-state index < -0.39 is 6.10 Å². The maximum Gasteiger partial charge on any atom is 0.319 e. The van der Waals surface area contributed by atoms with Crippen molar-refractivity contribution in [2.45, 2.75) is 25.9 Å². The molecule has 0 fully saturated rings. The van der Waals surface area contributed by atoms with Crippen LogP contribution in [0, 0.1) is 11.3 Å². The summed E-state index contributed by atoms with van der Waals surface area (Å²) in [5.41, 5.74) is 1.04. The van der Waals surface area contributed by atoms with Crippen LogP contribution >= 0.6 is 0 Å². The molecule has 1 aromatic rings. The molecule has 0 saturated carbocycles. The monoisotopic (exact) mass is 247 g/mol. The number of anilines is 1. The number of aliphatic hydroxyl groups excluding tert-OH is 1. The molecule has 5 nitrogen and oxygen atoms in total. The highest BCUT2D eigenvalue weighted by Crippen LogP contribution is 2.09. The number of benzene rings is 1. The van der Waals surface area contributed by atoms with Gasteiger partial charge in [0.15, 0.2) is 0 Å². The lowest BCUT2D eigenvalue weighted by atomic mass is 10.2. The Morgan fingerprint density at radius 1 is 1.56 bits per heavy atom.